The molecule has 0 saturated carbocycles. The lowest BCUT2D eigenvalue weighted by molar-refractivity contribution is -0.136. The third-order valence-corrected chi connectivity index (χ3v) is 11.6. The lowest BCUT2D eigenvalue weighted by Gasteiger charge is -2.28. The van der Waals surface area contributed by atoms with Gasteiger partial charge in [-0.15, -0.1) is 0 Å². The summed E-state index contributed by atoms with van der Waals surface area (Å²) in [7, 11) is -8.93. The molecule has 10 nitrogen and oxygen atoms in total. The second-order valence-electron chi connectivity index (χ2n) is 11.2. The van der Waals surface area contributed by atoms with Crippen LogP contribution in [0.2, 0.25) is 0 Å². The molecule has 0 aromatic heterocycles. The number of hydrogen-bond acceptors (Lipinski definition) is 6. The standard InChI is InChI=1S/C38H30N2O8S2/c41-37(42)25-39(49(45,46)31-19-15-29(16-20-31)27-9-3-1-4-10-27)35-23-24-36(34-14-8-7-13-33(34)35)40(26-38(43)44)50(47,48)32-21-17-30(18-22-32)28-11-5-2-6-12-28/h1-24H,25-26H2,(H,41,42)(H,43,44). The number of carboxylic acid groups (broad SMARTS) is 2. The van der Waals surface area contributed by atoms with Crippen molar-refractivity contribution in [2.45, 2.75) is 9.79 Å². The van der Waals surface area contributed by atoms with Crippen molar-refractivity contribution in [2.75, 3.05) is 21.7 Å². The highest BCUT2D eigenvalue weighted by molar-refractivity contribution is 7.93. The van der Waals surface area contributed by atoms with Gasteiger partial charge >= 0.3 is 11.9 Å². The third kappa shape index (κ3) is 6.79. The highest BCUT2D eigenvalue weighted by Gasteiger charge is 2.32. The quantitative estimate of drug-likeness (QED) is 0.142. The molecule has 0 atom stereocenters. The van der Waals surface area contributed by atoms with Crippen molar-refractivity contribution in [3.63, 3.8) is 0 Å². The van der Waals surface area contributed by atoms with Crippen LogP contribution in [0.25, 0.3) is 33.0 Å². The van der Waals surface area contributed by atoms with Gasteiger partial charge < -0.3 is 10.2 Å². The number of fused-ring (bicyclic) bond motifs is 1. The van der Waals surface area contributed by atoms with E-state index in [4.69, 9.17) is 0 Å². The minimum atomic E-state index is -4.46. The largest absolute Gasteiger partial charge is 0.480 e. The maximum absolute atomic E-state index is 14.1. The molecular weight excluding hydrogens is 677 g/mol. The summed E-state index contributed by atoms with van der Waals surface area (Å²) in [5.41, 5.74) is 3.21. The molecule has 50 heavy (non-hydrogen) atoms. The summed E-state index contributed by atoms with van der Waals surface area (Å²) in [6.07, 6.45) is 0. The molecule has 0 bridgehead atoms. The first kappa shape index (κ1) is 33.9. The van der Waals surface area contributed by atoms with Gasteiger partial charge in [0.15, 0.2) is 0 Å². The Morgan fingerprint density at radius 1 is 0.420 bits per heavy atom. The van der Waals surface area contributed by atoms with E-state index < -0.39 is 45.1 Å². The molecule has 0 saturated heterocycles. The molecule has 0 aliphatic carbocycles. The fourth-order valence-corrected chi connectivity index (χ4v) is 8.57. The van der Waals surface area contributed by atoms with E-state index in [2.05, 4.69) is 0 Å². The van der Waals surface area contributed by atoms with Crippen molar-refractivity contribution in [3.05, 3.63) is 146 Å². The zero-order valence-electron chi connectivity index (χ0n) is 26.3. The van der Waals surface area contributed by atoms with Gasteiger partial charge in [-0.3, -0.25) is 18.2 Å². The van der Waals surface area contributed by atoms with Crippen molar-refractivity contribution >= 4 is 54.1 Å². The highest BCUT2D eigenvalue weighted by atomic mass is 32.2. The summed E-state index contributed by atoms with van der Waals surface area (Å²) in [5.74, 6) is -2.84. The average Bonchev–Trinajstić information content (AvgIpc) is 3.13. The van der Waals surface area contributed by atoms with E-state index in [-0.39, 0.29) is 31.9 Å². The maximum atomic E-state index is 14.1. The SMILES string of the molecule is O=C(O)CN(c1ccc(N(CC(=O)O)S(=O)(=O)c2ccc(-c3ccccc3)cc2)c2ccccc12)S(=O)(=O)c1ccc(-c2ccccc2)cc1. The lowest BCUT2D eigenvalue weighted by atomic mass is 10.1. The van der Waals surface area contributed by atoms with Crippen LogP contribution in [0.1, 0.15) is 0 Å². The number of benzene rings is 6. The Bertz CT molecular complexity index is 2230. The minimum absolute atomic E-state index is 0.0289. The summed E-state index contributed by atoms with van der Waals surface area (Å²) in [6.45, 7) is -1.87. The van der Waals surface area contributed by atoms with E-state index >= 15 is 0 Å². The van der Waals surface area contributed by atoms with Gasteiger partial charge in [-0.2, -0.15) is 0 Å². The monoisotopic (exact) mass is 706 g/mol. The Morgan fingerprint density at radius 2 is 0.720 bits per heavy atom. The third-order valence-electron chi connectivity index (χ3n) is 8.07. The number of nitrogens with zero attached hydrogens (tertiary/aromatic N) is 2. The second-order valence-corrected chi connectivity index (χ2v) is 15.0. The first-order valence-corrected chi connectivity index (χ1v) is 18.2. The fourth-order valence-electron chi connectivity index (χ4n) is 5.70. The Labute approximate surface area is 289 Å². The summed E-state index contributed by atoms with van der Waals surface area (Å²) in [5, 5.41) is 20.0. The number of carboxylic acids is 2. The minimum Gasteiger partial charge on any atom is -0.480 e. The van der Waals surface area contributed by atoms with Crippen molar-refractivity contribution in [2.24, 2.45) is 0 Å². The predicted molar refractivity (Wildman–Crippen MR) is 192 cm³/mol. The van der Waals surface area contributed by atoms with Crippen LogP contribution in [0.3, 0.4) is 0 Å². The second kappa shape index (κ2) is 13.9. The van der Waals surface area contributed by atoms with Gasteiger partial charge in [0, 0.05) is 10.8 Å². The fraction of sp³-hybridized carbons (Fsp3) is 0.0526. The van der Waals surface area contributed by atoms with Gasteiger partial charge in [-0.05, 0) is 58.7 Å². The normalized spacial score (nSPS) is 11.6. The number of hydrogen-bond donors (Lipinski definition) is 2. The Hall–Kier alpha value is -5.98. The van der Waals surface area contributed by atoms with Gasteiger partial charge in [-0.25, -0.2) is 16.8 Å². The molecule has 0 radical (unpaired) electrons. The molecular formula is C38H30N2O8S2. The zero-order chi connectivity index (χ0) is 35.5. The molecule has 0 spiro atoms. The zero-order valence-corrected chi connectivity index (χ0v) is 28.0. The van der Waals surface area contributed by atoms with Gasteiger partial charge in [0.25, 0.3) is 20.0 Å². The van der Waals surface area contributed by atoms with E-state index in [0.717, 1.165) is 30.9 Å². The molecule has 0 fully saturated rings. The molecule has 0 heterocycles. The van der Waals surface area contributed by atoms with E-state index in [1.807, 2.05) is 60.7 Å². The Balaban J connectivity index is 1.44. The lowest BCUT2D eigenvalue weighted by Crippen LogP contribution is -2.37. The van der Waals surface area contributed by atoms with E-state index in [1.54, 1.807) is 36.4 Å². The number of rotatable bonds is 12. The summed E-state index contributed by atoms with van der Waals surface area (Å²) in [4.78, 5) is 23.8. The number of aliphatic carboxylic acids is 2. The van der Waals surface area contributed by atoms with Crippen molar-refractivity contribution < 1.29 is 36.6 Å². The number of carbonyl (C=O) groups is 2. The topological polar surface area (TPSA) is 149 Å². The highest BCUT2D eigenvalue weighted by Crippen LogP contribution is 2.39. The van der Waals surface area contributed by atoms with Crippen LogP contribution in [-0.2, 0) is 29.6 Å². The molecule has 0 amide bonds. The molecule has 2 N–H and O–H groups in total. The molecule has 252 valence electrons. The van der Waals surface area contributed by atoms with Crippen LogP contribution >= 0.6 is 0 Å². The summed E-state index contributed by atoms with van der Waals surface area (Å²) in [6, 6.07) is 39.6. The van der Waals surface area contributed by atoms with Crippen LogP contribution in [0.5, 0.6) is 0 Å². The van der Waals surface area contributed by atoms with Crippen LogP contribution in [0, 0.1) is 0 Å². The smallest absolute Gasteiger partial charge is 0.324 e. The molecule has 6 aromatic carbocycles. The molecule has 12 heteroatoms. The first-order valence-electron chi connectivity index (χ1n) is 15.3. The molecule has 0 aliphatic heterocycles. The van der Waals surface area contributed by atoms with Gasteiger partial charge in [0.05, 0.1) is 21.2 Å². The molecule has 6 aromatic rings. The molecule has 6 rings (SSSR count). The number of anilines is 2. The number of sulfonamides is 2. The molecule has 0 aliphatic rings. The van der Waals surface area contributed by atoms with Crippen LogP contribution in [-0.4, -0.2) is 52.1 Å². The average molecular weight is 707 g/mol. The first-order chi connectivity index (χ1) is 24.0. The molecule has 0 unspecified atom stereocenters. The van der Waals surface area contributed by atoms with E-state index in [1.165, 1.54) is 48.5 Å². The van der Waals surface area contributed by atoms with Crippen LogP contribution in [0.15, 0.2) is 155 Å². The van der Waals surface area contributed by atoms with Crippen molar-refractivity contribution in [1.29, 1.82) is 0 Å². The Kier molecular flexibility index (Phi) is 9.40. The van der Waals surface area contributed by atoms with Crippen LogP contribution < -0.4 is 8.61 Å². The van der Waals surface area contributed by atoms with Gasteiger partial charge in [-0.1, -0.05) is 109 Å². The van der Waals surface area contributed by atoms with Gasteiger partial charge in [0.2, 0.25) is 0 Å². The van der Waals surface area contributed by atoms with Crippen molar-refractivity contribution in [1.82, 2.24) is 0 Å². The van der Waals surface area contributed by atoms with E-state index in [9.17, 15) is 36.6 Å². The van der Waals surface area contributed by atoms with Crippen LogP contribution in [0.4, 0.5) is 11.4 Å². The maximum Gasteiger partial charge on any atom is 0.324 e. The van der Waals surface area contributed by atoms with Gasteiger partial charge in [0.1, 0.15) is 13.1 Å². The Morgan fingerprint density at radius 3 is 1.04 bits per heavy atom. The van der Waals surface area contributed by atoms with Crippen molar-refractivity contribution in [3.8, 4) is 22.3 Å². The summed E-state index contributed by atoms with van der Waals surface area (Å²) < 4.78 is 57.8. The predicted octanol–water partition coefficient (Wildman–Crippen LogP) is 6.73. The van der Waals surface area contributed by atoms with E-state index in [0.29, 0.717) is 0 Å². The summed E-state index contributed by atoms with van der Waals surface area (Å²) >= 11 is 0.